The van der Waals surface area contributed by atoms with Gasteiger partial charge in [-0.25, -0.2) is 22.6 Å². The molecule has 0 fully saturated rings. The number of amides is 3. The molecule has 58 heavy (non-hydrogen) atoms. The van der Waals surface area contributed by atoms with Crippen LogP contribution in [0.25, 0.3) is 10.2 Å². The van der Waals surface area contributed by atoms with Gasteiger partial charge < -0.3 is 20.5 Å². The smallest absolute Gasteiger partial charge is 0.411 e. The zero-order valence-corrected chi connectivity index (χ0v) is 37.1. The summed E-state index contributed by atoms with van der Waals surface area (Å²) in [4.78, 5) is 49.1. The van der Waals surface area contributed by atoms with Gasteiger partial charge in [0.05, 0.1) is 27.3 Å². The fraction of sp³-hybridized carbons (Fsp3) is 0.476. The largest absolute Gasteiger partial charge is 0.444 e. The summed E-state index contributed by atoms with van der Waals surface area (Å²) in [7, 11) is -4.23. The minimum atomic E-state index is -4.23. The number of sulfonamides is 1. The lowest BCUT2D eigenvalue weighted by Gasteiger charge is -2.45. The van der Waals surface area contributed by atoms with E-state index in [4.69, 9.17) is 10.5 Å². The number of primary amides is 1. The van der Waals surface area contributed by atoms with E-state index in [-0.39, 0.29) is 30.3 Å². The summed E-state index contributed by atoms with van der Waals surface area (Å²) in [5, 5.41) is 12.4. The minimum Gasteiger partial charge on any atom is -0.444 e. The number of hydrogen-bond donors (Lipinski definition) is 2. The highest BCUT2D eigenvalue weighted by molar-refractivity contribution is 8.00. The first kappa shape index (κ1) is 46.6. The maximum absolute atomic E-state index is 15.0. The molecule has 0 aliphatic rings. The molecule has 0 spiro atoms. The van der Waals surface area contributed by atoms with Crippen LogP contribution < -0.4 is 5.73 Å². The molecule has 4 aromatic rings. The Balaban J connectivity index is 1.85. The number of nitrogens with two attached hydrogens (primary N) is 1. The molecule has 4 rings (SSSR count). The number of carbonyl (C=O) groups excluding carboxylic acids is 3. The Bertz CT molecular complexity index is 2150. The number of aliphatic hydroxyl groups is 1. The highest BCUT2D eigenvalue weighted by Gasteiger charge is 2.45. The van der Waals surface area contributed by atoms with E-state index in [0.717, 1.165) is 9.24 Å². The van der Waals surface area contributed by atoms with Gasteiger partial charge >= 0.3 is 6.09 Å². The van der Waals surface area contributed by atoms with Gasteiger partial charge in [0.25, 0.3) is 0 Å². The van der Waals surface area contributed by atoms with Crippen LogP contribution in [0.15, 0.2) is 82.0 Å². The average molecular weight is 858 g/mol. The van der Waals surface area contributed by atoms with Crippen molar-refractivity contribution in [2.75, 3.05) is 25.9 Å². The zero-order valence-electron chi connectivity index (χ0n) is 34.6. The van der Waals surface area contributed by atoms with Gasteiger partial charge in [-0.3, -0.25) is 14.5 Å². The second kappa shape index (κ2) is 19.3. The number of halogens is 1. The van der Waals surface area contributed by atoms with E-state index in [1.807, 2.05) is 26.2 Å². The number of thiazole rings is 1. The molecule has 0 saturated carbocycles. The van der Waals surface area contributed by atoms with Crippen LogP contribution in [0, 0.1) is 17.2 Å². The second-order valence-corrected chi connectivity index (χ2v) is 20.8. The van der Waals surface area contributed by atoms with Crippen LogP contribution in [0.5, 0.6) is 0 Å². The summed E-state index contributed by atoms with van der Waals surface area (Å²) in [5.74, 6) is -2.34. The first-order valence-corrected chi connectivity index (χ1v) is 22.5. The molecular formula is C42H56FN5O7S3. The van der Waals surface area contributed by atoms with Gasteiger partial charge in [0.15, 0.2) is 4.34 Å². The molecule has 3 amide bonds. The number of hydrogen-bond acceptors (Lipinski definition) is 10. The second-order valence-electron chi connectivity index (χ2n) is 16.8. The van der Waals surface area contributed by atoms with Crippen molar-refractivity contribution in [3.63, 3.8) is 0 Å². The summed E-state index contributed by atoms with van der Waals surface area (Å²) in [5.41, 5.74) is 5.87. The topological polar surface area (TPSA) is 163 Å². The molecule has 0 radical (unpaired) electrons. The number of ether oxygens (including phenoxy) is 1. The van der Waals surface area contributed by atoms with Crippen molar-refractivity contribution in [2.45, 2.75) is 101 Å². The molecule has 1 aromatic heterocycles. The van der Waals surface area contributed by atoms with E-state index in [2.05, 4.69) is 4.98 Å². The Morgan fingerprint density at radius 2 is 1.60 bits per heavy atom. The summed E-state index contributed by atoms with van der Waals surface area (Å²) in [6, 6.07) is 16.7. The highest BCUT2D eigenvalue weighted by atomic mass is 32.2. The van der Waals surface area contributed by atoms with Crippen LogP contribution >= 0.6 is 23.1 Å². The van der Waals surface area contributed by atoms with E-state index < -0.39 is 76.0 Å². The van der Waals surface area contributed by atoms with Crippen molar-refractivity contribution in [1.82, 2.24) is 19.1 Å². The standard InChI is InChI=1S/C42H56FN5O7S3/c1-27(2)23-47(58(53,54)31-18-19-32-35(22-31)57-39(45-32)56-9)25-34(49)33(21-28-14-11-10-12-15-28)48(37(38(44)51)41(3,4)5)36(50)26-46(40(52)55-42(6,7)8)24-29-16-13-17-30(43)20-29/h10-20,22,27,33-34,37,49H,21,23-26H2,1-9H3,(H2,44,51)/t33-,34+,37+/m0/s1. The maximum Gasteiger partial charge on any atom is 0.411 e. The number of benzene rings is 3. The molecule has 0 bridgehead atoms. The SMILES string of the molecule is CSc1nc2ccc(S(=O)(=O)N(CC(C)C)C[C@@H](O)[C@H](Cc3ccccc3)N(C(=O)CN(Cc3cccc(F)c3)C(=O)OC(C)(C)C)[C@H](C(N)=O)C(C)(C)C)cc2s1. The number of carbonyl (C=O) groups is 3. The molecular weight excluding hydrogens is 802 g/mol. The van der Waals surface area contributed by atoms with Crippen molar-refractivity contribution >= 4 is 61.2 Å². The van der Waals surface area contributed by atoms with Gasteiger partial charge in [0, 0.05) is 19.6 Å². The van der Waals surface area contributed by atoms with Crippen molar-refractivity contribution in [1.29, 1.82) is 0 Å². The van der Waals surface area contributed by atoms with E-state index in [1.165, 1.54) is 56.6 Å². The normalized spacial score (nSPS) is 14.0. The van der Waals surface area contributed by atoms with Gasteiger partial charge in [-0.2, -0.15) is 4.31 Å². The van der Waals surface area contributed by atoms with Crippen molar-refractivity contribution in [2.24, 2.45) is 17.1 Å². The molecule has 16 heteroatoms. The maximum atomic E-state index is 15.0. The first-order chi connectivity index (χ1) is 27.0. The molecule has 0 saturated heterocycles. The van der Waals surface area contributed by atoms with E-state index >= 15 is 0 Å². The molecule has 3 N–H and O–H groups in total. The Hall–Kier alpha value is -4.09. The number of thioether (sulfide) groups is 1. The quantitative estimate of drug-likeness (QED) is 0.107. The highest BCUT2D eigenvalue weighted by Crippen LogP contribution is 2.33. The van der Waals surface area contributed by atoms with E-state index in [0.29, 0.717) is 21.3 Å². The first-order valence-electron chi connectivity index (χ1n) is 19.0. The van der Waals surface area contributed by atoms with Crippen LogP contribution in [0.4, 0.5) is 9.18 Å². The summed E-state index contributed by atoms with van der Waals surface area (Å²) < 4.78 is 51.7. The number of aromatic nitrogens is 1. The zero-order chi connectivity index (χ0) is 43.2. The molecule has 12 nitrogen and oxygen atoms in total. The van der Waals surface area contributed by atoms with Crippen molar-refractivity contribution < 1.29 is 37.0 Å². The monoisotopic (exact) mass is 857 g/mol. The number of fused-ring (bicyclic) bond motifs is 1. The van der Waals surface area contributed by atoms with Crippen molar-refractivity contribution in [3.8, 4) is 0 Å². The fourth-order valence-electron chi connectivity index (χ4n) is 6.68. The molecule has 0 unspecified atom stereocenters. The third-order valence-electron chi connectivity index (χ3n) is 9.10. The molecule has 3 atom stereocenters. The van der Waals surface area contributed by atoms with E-state index in [1.54, 1.807) is 84.0 Å². The number of nitrogens with zero attached hydrogens (tertiary/aromatic N) is 4. The molecule has 3 aromatic carbocycles. The van der Waals surface area contributed by atoms with E-state index in [9.17, 15) is 32.3 Å². The number of aliphatic hydroxyl groups excluding tert-OH is 1. The predicted molar refractivity (Wildman–Crippen MR) is 227 cm³/mol. The lowest BCUT2D eigenvalue weighted by atomic mass is 9.83. The fourth-order valence-corrected chi connectivity index (χ4v) is 9.93. The molecule has 0 aliphatic heterocycles. The van der Waals surface area contributed by atoms with Gasteiger partial charge in [-0.1, -0.05) is 88.8 Å². The van der Waals surface area contributed by atoms with Crippen LogP contribution in [0.2, 0.25) is 0 Å². The number of rotatable bonds is 17. The average Bonchev–Trinajstić information content (AvgIpc) is 3.54. The Morgan fingerprint density at radius 3 is 2.17 bits per heavy atom. The Morgan fingerprint density at radius 1 is 0.948 bits per heavy atom. The minimum absolute atomic E-state index is 0.0101. The summed E-state index contributed by atoms with van der Waals surface area (Å²) in [6.07, 6.45) is -0.559. The lowest BCUT2D eigenvalue weighted by Crippen LogP contribution is -2.64. The van der Waals surface area contributed by atoms with Crippen molar-refractivity contribution in [3.05, 3.63) is 89.7 Å². The Kier molecular flexibility index (Phi) is 15.5. The van der Waals surface area contributed by atoms with Gasteiger partial charge in [0.2, 0.25) is 21.8 Å². The third-order valence-corrected chi connectivity index (χ3v) is 12.9. The summed E-state index contributed by atoms with van der Waals surface area (Å²) in [6.45, 7) is 12.6. The lowest BCUT2D eigenvalue weighted by molar-refractivity contribution is -0.151. The third kappa shape index (κ3) is 12.5. The van der Waals surface area contributed by atoms with Crippen LogP contribution in [0.1, 0.15) is 66.5 Å². The van der Waals surface area contributed by atoms with Crippen LogP contribution in [-0.2, 0) is 37.3 Å². The van der Waals surface area contributed by atoms with Gasteiger partial charge in [0.1, 0.15) is 24.0 Å². The molecule has 0 aliphatic carbocycles. The van der Waals surface area contributed by atoms with Gasteiger partial charge in [-0.15, -0.1) is 11.3 Å². The van der Waals surface area contributed by atoms with Crippen LogP contribution in [0.3, 0.4) is 0 Å². The molecule has 316 valence electrons. The Labute approximate surface area is 350 Å². The predicted octanol–water partition coefficient (Wildman–Crippen LogP) is 6.94. The van der Waals surface area contributed by atoms with Gasteiger partial charge in [-0.05, 0) is 86.2 Å². The molecule has 1 heterocycles. The summed E-state index contributed by atoms with van der Waals surface area (Å²) >= 11 is 2.83. The van der Waals surface area contributed by atoms with Crippen LogP contribution in [-0.4, -0.2) is 100 Å².